The maximum absolute atomic E-state index is 3.21. The van der Waals surface area contributed by atoms with Crippen molar-refractivity contribution in [2.24, 2.45) is 0 Å². The molecular formula is C13H10N. The van der Waals surface area contributed by atoms with Crippen LogP contribution in [0.5, 0.6) is 0 Å². The second kappa shape index (κ2) is 2.88. The third-order valence-corrected chi connectivity index (χ3v) is 2.53. The smallest absolute Gasteiger partial charge is 0.0419 e. The standard InChI is InChI=1S/C13H10N/c1-2-5-11-9-12(8-10(11)4-1)13-6-3-7-14-13/h1-9,14H. The van der Waals surface area contributed by atoms with E-state index < -0.39 is 0 Å². The van der Waals surface area contributed by atoms with E-state index in [1.807, 2.05) is 12.3 Å². The number of hydrogen-bond acceptors (Lipinski definition) is 0. The van der Waals surface area contributed by atoms with E-state index in [0.29, 0.717) is 0 Å². The van der Waals surface area contributed by atoms with Crippen LogP contribution in [-0.2, 0) is 0 Å². The first-order valence-electron chi connectivity index (χ1n) is 4.73. The lowest BCUT2D eigenvalue weighted by atomic mass is 10.1. The van der Waals surface area contributed by atoms with Crippen molar-refractivity contribution in [1.82, 2.24) is 4.98 Å². The molecule has 1 aromatic carbocycles. The van der Waals surface area contributed by atoms with Gasteiger partial charge in [0.05, 0.1) is 0 Å². The van der Waals surface area contributed by atoms with Crippen molar-refractivity contribution >= 4 is 11.6 Å². The lowest BCUT2D eigenvalue weighted by Gasteiger charge is -1.97. The summed E-state index contributed by atoms with van der Waals surface area (Å²) < 4.78 is 0. The van der Waals surface area contributed by atoms with Crippen molar-refractivity contribution in [3.63, 3.8) is 0 Å². The summed E-state index contributed by atoms with van der Waals surface area (Å²) in [4.78, 5) is 3.21. The van der Waals surface area contributed by atoms with Crippen LogP contribution in [0.15, 0.2) is 42.6 Å². The average Bonchev–Trinajstić information content (AvgIpc) is 2.86. The van der Waals surface area contributed by atoms with E-state index in [2.05, 4.69) is 47.8 Å². The molecule has 0 bridgehead atoms. The second-order valence-corrected chi connectivity index (χ2v) is 3.46. The minimum Gasteiger partial charge on any atom is -0.361 e. The molecule has 0 atom stereocenters. The van der Waals surface area contributed by atoms with E-state index in [9.17, 15) is 0 Å². The first kappa shape index (κ1) is 7.63. The van der Waals surface area contributed by atoms with Crippen molar-refractivity contribution in [2.75, 3.05) is 0 Å². The predicted octanol–water partition coefficient (Wildman–Crippen LogP) is 3.12. The minimum absolute atomic E-state index is 1.18. The predicted molar refractivity (Wildman–Crippen MR) is 58.5 cm³/mol. The summed E-state index contributed by atoms with van der Waals surface area (Å²) in [5.74, 6) is 0. The molecule has 1 aliphatic carbocycles. The first-order valence-corrected chi connectivity index (χ1v) is 4.73. The lowest BCUT2D eigenvalue weighted by Crippen LogP contribution is -1.81. The highest BCUT2D eigenvalue weighted by molar-refractivity contribution is 5.93. The number of allylic oxidation sites excluding steroid dienone is 1. The fraction of sp³-hybridized carbons (Fsp3) is 0. The number of H-pyrrole nitrogens is 1. The Morgan fingerprint density at radius 3 is 2.43 bits per heavy atom. The second-order valence-electron chi connectivity index (χ2n) is 3.46. The highest BCUT2D eigenvalue weighted by Crippen LogP contribution is 2.31. The van der Waals surface area contributed by atoms with Crippen molar-refractivity contribution in [3.8, 4) is 0 Å². The molecule has 1 heteroatoms. The number of aromatic amines is 1. The summed E-state index contributed by atoms with van der Waals surface area (Å²) in [5.41, 5.74) is 5.05. The SMILES string of the molecule is [CH]1C(c2ccc[nH]2)=Cc2ccccc21. The Bertz CT molecular complexity index is 478. The van der Waals surface area contributed by atoms with E-state index in [4.69, 9.17) is 0 Å². The lowest BCUT2D eigenvalue weighted by molar-refractivity contribution is 1.35. The molecule has 0 amide bonds. The van der Waals surface area contributed by atoms with Gasteiger partial charge >= 0.3 is 0 Å². The van der Waals surface area contributed by atoms with Gasteiger partial charge in [-0.05, 0) is 34.9 Å². The number of hydrogen-bond donors (Lipinski definition) is 1. The normalized spacial score (nSPS) is 13.9. The Balaban J connectivity index is 2.04. The van der Waals surface area contributed by atoms with Gasteiger partial charge in [0.2, 0.25) is 0 Å². The summed E-state index contributed by atoms with van der Waals surface area (Å²) in [7, 11) is 0. The summed E-state index contributed by atoms with van der Waals surface area (Å²) in [6.45, 7) is 0. The quantitative estimate of drug-likeness (QED) is 0.694. The van der Waals surface area contributed by atoms with Crippen molar-refractivity contribution in [3.05, 3.63) is 65.8 Å². The molecule has 0 fully saturated rings. The largest absolute Gasteiger partial charge is 0.361 e. The molecule has 14 heavy (non-hydrogen) atoms. The molecule has 1 aromatic heterocycles. The van der Waals surface area contributed by atoms with Crippen LogP contribution in [0.25, 0.3) is 11.6 Å². The molecule has 1 nitrogen and oxygen atoms in total. The third-order valence-electron chi connectivity index (χ3n) is 2.53. The van der Waals surface area contributed by atoms with E-state index >= 15 is 0 Å². The number of nitrogens with one attached hydrogen (secondary N) is 1. The molecule has 0 unspecified atom stereocenters. The van der Waals surface area contributed by atoms with Gasteiger partial charge in [0.1, 0.15) is 0 Å². The van der Waals surface area contributed by atoms with E-state index in [1.165, 1.54) is 22.4 Å². The molecule has 1 heterocycles. The van der Waals surface area contributed by atoms with Crippen LogP contribution in [0.2, 0.25) is 0 Å². The number of rotatable bonds is 1. The molecular weight excluding hydrogens is 170 g/mol. The molecule has 2 aromatic rings. The summed E-state index contributed by atoms with van der Waals surface area (Å²) in [6, 6.07) is 12.5. The van der Waals surface area contributed by atoms with Gasteiger partial charge in [-0.1, -0.05) is 24.3 Å². The molecule has 67 valence electrons. The van der Waals surface area contributed by atoms with Gasteiger partial charge in [-0.25, -0.2) is 0 Å². The molecule has 0 aliphatic heterocycles. The van der Waals surface area contributed by atoms with Gasteiger partial charge in [0.25, 0.3) is 0 Å². The first-order chi connectivity index (χ1) is 6.93. The monoisotopic (exact) mass is 180 g/mol. The highest BCUT2D eigenvalue weighted by Gasteiger charge is 2.13. The molecule has 1 aliphatic rings. The maximum atomic E-state index is 3.21. The molecule has 0 spiro atoms. The van der Waals surface area contributed by atoms with Crippen molar-refractivity contribution in [2.45, 2.75) is 0 Å². The van der Waals surface area contributed by atoms with Crippen LogP contribution in [0, 0.1) is 6.42 Å². The number of fused-ring (bicyclic) bond motifs is 1. The van der Waals surface area contributed by atoms with Crippen LogP contribution >= 0.6 is 0 Å². The van der Waals surface area contributed by atoms with Crippen molar-refractivity contribution < 1.29 is 0 Å². The van der Waals surface area contributed by atoms with Gasteiger partial charge < -0.3 is 4.98 Å². The van der Waals surface area contributed by atoms with E-state index in [1.54, 1.807) is 0 Å². The van der Waals surface area contributed by atoms with Crippen LogP contribution < -0.4 is 0 Å². The van der Waals surface area contributed by atoms with Crippen LogP contribution in [-0.4, -0.2) is 4.98 Å². The molecule has 0 saturated carbocycles. The van der Waals surface area contributed by atoms with Crippen LogP contribution in [0.1, 0.15) is 16.8 Å². The van der Waals surface area contributed by atoms with Gasteiger partial charge in [0.15, 0.2) is 0 Å². The summed E-state index contributed by atoms with van der Waals surface area (Å²) in [5, 5.41) is 0. The Labute approximate surface area is 83.1 Å². The molecule has 3 rings (SSSR count). The minimum atomic E-state index is 1.18. The fourth-order valence-corrected chi connectivity index (χ4v) is 1.82. The average molecular weight is 180 g/mol. The Morgan fingerprint density at radius 2 is 1.71 bits per heavy atom. The fourth-order valence-electron chi connectivity index (χ4n) is 1.82. The van der Waals surface area contributed by atoms with Crippen LogP contribution in [0.4, 0.5) is 0 Å². The summed E-state index contributed by atoms with van der Waals surface area (Å²) in [6.07, 6.45) is 6.37. The van der Waals surface area contributed by atoms with Gasteiger partial charge in [0, 0.05) is 18.3 Å². The maximum Gasteiger partial charge on any atom is 0.0419 e. The zero-order valence-electron chi connectivity index (χ0n) is 7.70. The summed E-state index contributed by atoms with van der Waals surface area (Å²) >= 11 is 0. The van der Waals surface area contributed by atoms with Crippen LogP contribution in [0.3, 0.4) is 0 Å². The highest BCUT2D eigenvalue weighted by atomic mass is 14.7. The zero-order valence-corrected chi connectivity index (χ0v) is 7.70. The van der Waals surface area contributed by atoms with E-state index in [0.717, 1.165) is 0 Å². The Kier molecular flexibility index (Phi) is 1.57. The van der Waals surface area contributed by atoms with E-state index in [-0.39, 0.29) is 0 Å². The number of aromatic nitrogens is 1. The molecule has 0 saturated heterocycles. The molecule has 1 N–H and O–H groups in total. The van der Waals surface area contributed by atoms with Gasteiger partial charge in [-0.3, -0.25) is 0 Å². The number of benzene rings is 1. The third kappa shape index (κ3) is 1.10. The molecule has 1 radical (unpaired) electrons. The zero-order chi connectivity index (χ0) is 9.38. The van der Waals surface area contributed by atoms with Gasteiger partial charge in [-0.2, -0.15) is 0 Å². The van der Waals surface area contributed by atoms with Gasteiger partial charge in [-0.15, -0.1) is 0 Å². The Hall–Kier alpha value is -1.76. The topological polar surface area (TPSA) is 15.8 Å². The van der Waals surface area contributed by atoms with Crippen molar-refractivity contribution in [1.29, 1.82) is 0 Å². The Morgan fingerprint density at radius 1 is 0.857 bits per heavy atom.